The molecule has 222 valence electrons. The quantitative estimate of drug-likeness (QED) is 0.197. The zero-order chi connectivity index (χ0) is 29.9. The fourth-order valence-electron chi connectivity index (χ4n) is 3.42. The van der Waals surface area contributed by atoms with Gasteiger partial charge in [-0.05, 0) is 49.6 Å². The third kappa shape index (κ3) is 10.2. The van der Waals surface area contributed by atoms with Gasteiger partial charge in [0.25, 0.3) is 0 Å². The number of benzene rings is 2. The van der Waals surface area contributed by atoms with Crippen molar-refractivity contribution in [3.63, 3.8) is 0 Å². The maximum Gasteiger partial charge on any atom is 0.453 e. The van der Waals surface area contributed by atoms with Crippen molar-refractivity contribution >= 4 is 12.1 Å². The van der Waals surface area contributed by atoms with Crippen LogP contribution in [0.4, 0.5) is 35.5 Å². The molecule has 0 saturated heterocycles. The number of carboxylic acids is 1. The molecule has 0 aliphatic rings. The normalized spacial score (nSPS) is 12.6. The van der Waals surface area contributed by atoms with Crippen molar-refractivity contribution in [3.8, 4) is 11.5 Å². The van der Waals surface area contributed by atoms with E-state index >= 15 is 0 Å². The van der Waals surface area contributed by atoms with Gasteiger partial charge in [-0.15, -0.1) is 0 Å². The Morgan fingerprint density at radius 3 is 2.15 bits per heavy atom. The van der Waals surface area contributed by atoms with E-state index in [1.807, 2.05) is 0 Å². The molecule has 0 spiro atoms. The van der Waals surface area contributed by atoms with Crippen molar-refractivity contribution in [2.45, 2.75) is 50.8 Å². The summed E-state index contributed by atoms with van der Waals surface area (Å²) in [6, 6.07) is 8.64. The number of carbonyl (C=O) groups is 2. The smallest absolute Gasteiger partial charge is 0.453 e. The van der Waals surface area contributed by atoms with E-state index in [4.69, 9.17) is 14.2 Å². The molecule has 1 amide bonds. The molecule has 0 saturated carbocycles. The highest BCUT2D eigenvalue weighted by molar-refractivity contribution is 5.72. The third-order valence-corrected chi connectivity index (χ3v) is 5.56. The zero-order valence-electron chi connectivity index (χ0n) is 21.4. The maximum atomic E-state index is 13.5. The van der Waals surface area contributed by atoms with Gasteiger partial charge in [0.1, 0.15) is 18.1 Å². The summed E-state index contributed by atoms with van der Waals surface area (Å²) in [7, 11) is 0. The Morgan fingerprint density at radius 2 is 1.57 bits per heavy atom. The van der Waals surface area contributed by atoms with Crippen LogP contribution < -0.4 is 9.47 Å². The molecule has 0 aliphatic carbocycles. The lowest BCUT2D eigenvalue weighted by Gasteiger charge is -2.23. The summed E-state index contributed by atoms with van der Waals surface area (Å²) >= 11 is 0. The highest BCUT2D eigenvalue weighted by atomic mass is 19.4. The van der Waals surface area contributed by atoms with Crippen LogP contribution >= 0.6 is 0 Å². The zero-order valence-corrected chi connectivity index (χ0v) is 21.4. The second kappa shape index (κ2) is 14.7. The van der Waals surface area contributed by atoms with Crippen LogP contribution in [0.2, 0.25) is 0 Å². The van der Waals surface area contributed by atoms with Gasteiger partial charge in [-0.2, -0.15) is 22.0 Å². The Morgan fingerprint density at radius 1 is 0.925 bits per heavy atom. The molecule has 0 heterocycles. The number of rotatable bonds is 15. The summed E-state index contributed by atoms with van der Waals surface area (Å²) in [6.45, 7) is 1.26. The molecule has 0 radical (unpaired) electrons. The van der Waals surface area contributed by atoms with Crippen molar-refractivity contribution < 1.29 is 59.6 Å². The molecule has 14 heteroatoms. The second-order valence-electron chi connectivity index (χ2n) is 8.57. The fourth-order valence-corrected chi connectivity index (χ4v) is 3.42. The maximum absolute atomic E-state index is 13.5. The van der Waals surface area contributed by atoms with Crippen molar-refractivity contribution in [3.05, 3.63) is 59.7 Å². The van der Waals surface area contributed by atoms with E-state index in [1.54, 1.807) is 31.2 Å². The van der Waals surface area contributed by atoms with Crippen LogP contribution in [0.25, 0.3) is 0 Å². The number of halogens is 7. The van der Waals surface area contributed by atoms with Crippen molar-refractivity contribution in [2.24, 2.45) is 0 Å². The SMILES string of the molecule is CCOC(Cc1ccc(OCCN(CCCCC(F)(F)C(F)(F)F)C(=O)Oc2ccc(F)c(F)c2)cc1)C(=O)O. The molecule has 2 aromatic rings. The first-order chi connectivity index (χ1) is 18.7. The molecule has 0 bridgehead atoms. The molecule has 1 atom stereocenters. The number of unbranched alkanes of at least 4 members (excludes halogenated alkanes) is 1. The van der Waals surface area contributed by atoms with Gasteiger partial charge in [-0.25, -0.2) is 18.4 Å². The van der Waals surface area contributed by atoms with Crippen LogP contribution in [0.3, 0.4) is 0 Å². The topological polar surface area (TPSA) is 85.3 Å². The predicted octanol–water partition coefficient (Wildman–Crippen LogP) is 6.24. The molecule has 0 fully saturated rings. The van der Waals surface area contributed by atoms with E-state index in [1.165, 1.54) is 0 Å². The van der Waals surface area contributed by atoms with E-state index in [9.17, 15) is 45.4 Å². The summed E-state index contributed by atoms with van der Waals surface area (Å²) < 4.78 is 106. The van der Waals surface area contributed by atoms with Gasteiger partial charge < -0.3 is 24.2 Å². The van der Waals surface area contributed by atoms with Crippen LogP contribution in [0.15, 0.2) is 42.5 Å². The van der Waals surface area contributed by atoms with Crippen molar-refractivity contribution in [1.29, 1.82) is 0 Å². The number of carboxylic acid groups (broad SMARTS) is 1. The summed E-state index contributed by atoms with van der Waals surface area (Å²) in [4.78, 5) is 24.8. The number of carbonyl (C=O) groups excluding carboxylic acids is 1. The van der Waals surface area contributed by atoms with Crippen molar-refractivity contribution in [1.82, 2.24) is 4.90 Å². The van der Waals surface area contributed by atoms with Gasteiger partial charge in [0, 0.05) is 32.1 Å². The first-order valence-corrected chi connectivity index (χ1v) is 12.2. The summed E-state index contributed by atoms with van der Waals surface area (Å²) in [5.41, 5.74) is 0.653. The lowest BCUT2D eigenvalue weighted by atomic mass is 10.1. The summed E-state index contributed by atoms with van der Waals surface area (Å²) in [6.07, 6.45) is -9.97. The van der Waals surface area contributed by atoms with Crippen LogP contribution in [0, 0.1) is 11.6 Å². The van der Waals surface area contributed by atoms with E-state index < -0.39 is 54.7 Å². The largest absolute Gasteiger partial charge is 0.492 e. The molecule has 1 N–H and O–H groups in total. The monoisotopic (exact) mass is 583 g/mol. The Balaban J connectivity index is 1.99. The van der Waals surface area contributed by atoms with Gasteiger partial charge in [-0.3, -0.25) is 0 Å². The number of ether oxygens (including phenoxy) is 3. The minimum atomic E-state index is -5.70. The van der Waals surface area contributed by atoms with Crippen LogP contribution in [-0.2, 0) is 16.0 Å². The number of alkyl halides is 5. The lowest BCUT2D eigenvalue weighted by Crippen LogP contribution is -2.38. The average molecular weight is 583 g/mol. The number of hydrogen-bond acceptors (Lipinski definition) is 5. The lowest BCUT2D eigenvalue weighted by molar-refractivity contribution is -0.284. The van der Waals surface area contributed by atoms with E-state index in [0.29, 0.717) is 17.4 Å². The average Bonchev–Trinajstić information content (AvgIpc) is 2.87. The molecule has 2 rings (SSSR count). The molecule has 2 aromatic carbocycles. The Bertz CT molecular complexity index is 1110. The Kier molecular flexibility index (Phi) is 12.0. The number of amides is 1. The Hall–Kier alpha value is -3.55. The number of aliphatic carboxylic acids is 1. The third-order valence-electron chi connectivity index (χ3n) is 5.56. The number of nitrogens with zero attached hydrogens (tertiary/aromatic N) is 1. The Labute approximate surface area is 225 Å². The molecular formula is C26H28F7NO6. The van der Waals surface area contributed by atoms with Gasteiger partial charge in [0.15, 0.2) is 17.7 Å². The van der Waals surface area contributed by atoms with Crippen molar-refractivity contribution in [2.75, 3.05) is 26.3 Å². The summed E-state index contributed by atoms with van der Waals surface area (Å²) in [5, 5.41) is 9.19. The molecular weight excluding hydrogens is 555 g/mol. The van der Waals surface area contributed by atoms with E-state index in [-0.39, 0.29) is 44.9 Å². The highest BCUT2D eigenvalue weighted by Gasteiger charge is 2.56. The standard InChI is InChI=1S/C26H28F7NO6/c1-2-38-22(23(35)36)15-17-5-7-18(8-6-17)39-14-13-34(12-4-3-11-25(29,30)26(31,32)33)24(37)40-19-9-10-20(27)21(28)16-19/h5-10,16,22H,2-4,11-15H2,1H3,(H,35,36). The minimum Gasteiger partial charge on any atom is -0.492 e. The molecule has 1 unspecified atom stereocenters. The summed E-state index contributed by atoms with van der Waals surface area (Å²) in [5.74, 6) is -8.47. The predicted molar refractivity (Wildman–Crippen MR) is 127 cm³/mol. The van der Waals surface area contributed by atoms with E-state index in [2.05, 4.69) is 0 Å². The first kappa shape index (κ1) is 32.7. The molecule has 40 heavy (non-hydrogen) atoms. The van der Waals surface area contributed by atoms with Crippen LogP contribution in [-0.4, -0.2) is 66.6 Å². The molecule has 7 nitrogen and oxygen atoms in total. The number of hydrogen-bond donors (Lipinski definition) is 1. The highest BCUT2D eigenvalue weighted by Crippen LogP contribution is 2.39. The van der Waals surface area contributed by atoms with Gasteiger partial charge in [-0.1, -0.05) is 12.1 Å². The minimum absolute atomic E-state index is 0.112. The second-order valence-corrected chi connectivity index (χ2v) is 8.57. The van der Waals surface area contributed by atoms with Gasteiger partial charge in [0.2, 0.25) is 0 Å². The molecule has 0 aromatic heterocycles. The van der Waals surface area contributed by atoms with E-state index in [0.717, 1.165) is 17.0 Å². The van der Waals surface area contributed by atoms with Crippen LogP contribution in [0.5, 0.6) is 11.5 Å². The first-order valence-electron chi connectivity index (χ1n) is 12.2. The molecule has 0 aliphatic heterocycles. The van der Waals surface area contributed by atoms with Gasteiger partial charge in [0.05, 0.1) is 6.54 Å². The van der Waals surface area contributed by atoms with Gasteiger partial charge >= 0.3 is 24.2 Å². The fraction of sp³-hybridized carbons (Fsp3) is 0.462. The van der Waals surface area contributed by atoms with Crippen LogP contribution in [0.1, 0.15) is 31.7 Å².